The Kier molecular flexibility index (Phi) is 8.97. The lowest BCUT2D eigenvalue weighted by Gasteiger charge is -2.23. The summed E-state index contributed by atoms with van der Waals surface area (Å²) in [5.74, 6) is -1.89. The number of benzene rings is 2. The van der Waals surface area contributed by atoms with Crippen LogP contribution >= 0.6 is 12.4 Å². The van der Waals surface area contributed by atoms with Gasteiger partial charge in [0.15, 0.2) is 0 Å². The van der Waals surface area contributed by atoms with Crippen LogP contribution < -0.4 is 5.32 Å². The summed E-state index contributed by atoms with van der Waals surface area (Å²) in [7, 11) is 0. The fourth-order valence-corrected chi connectivity index (χ4v) is 3.41. The van der Waals surface area contributed by atoms with Crippen molar-refractivity contribution in [3.05, 3.63) is 100 Å². The van der Waals surface area contributed by atoms with E-state index in [1.54, 1.807) is 6.92 Å². The van der Waals surface area contributed by atoms with Crippen molar-refractivity contribution in [2.75, 3.05) is 0 Å². The van der Waals surface area contributed by atoms with Crippen LogP contribution in [-0.2, 0) is 22.4 Å². The summed E-state index contributed by atoms with van der Waals surface area (Å²) >= 11 is 0. The van der Waals surface area contributed by atoms with Crippen molar-refractivity contribution in [1.82, 2.24) is 10.3 Å². The summed E-state index contributed by atoms with van der Waals surface area (Å²) in [6.07, 6.45) is 2.78. The third-order valence-corrected chi connectivity index (χ3v) is 5.39. The van der Waals surface area contributed by atoms with Crippen LogP contribution in [0.2, 0.25) is 0 Å². The molecule has 0 bridgehead atoms. The molecule has 1 heterocycles. The molecule has 2 aromatic carbocycles. The van der Waals surface area contributed by atoms with Crippen LogP contribution in [0.1, 0.15) is 46.5 Å². The standard InChI is InChI=1S/C26H28N2O3.ClH/c1-17-4-11-22(12-5-17)25(19(3)26(30)31)28-24(29)15-21-9-7-20(8-10-21)14-23-13-6-18(2)16-27-23;/h4-13,16,19,25H,14-15H2,1-3H3,(H,28,29)(H,30,31);1H/t19-,25+;/m1./s1. The zero-order chi connectivity index (χ0) is 22.4. The zero-order valence-corrected chi connectivity index (χ0v) is 19.4. The van der Waals surface area contributed by atoms with Crippen LogP contribution in [0.3, 0.4) is 0 Å². The number of carboxylic acids is 1. The number of hydrogen-bond acceptors (Lipinski definition) is 3. The minimum Gasteiger partial charge on any atom is -0.481 e. The molecule has 0 aliphatic heterocycles. The van der Waals surface area contributed by atoms with Crippen LogP contribution in [-0.4, -0.2) is 22.0 Å². The topological polar surface area (TPSA) is 79.3 Å². The molecule has 0 radical (unpaired) electrons. The molecule has 0 aliphatic rings. The van der Waals surface area contributed by atoms with E-state index >= 15 is 0 Å². The van der Waals surface area contributed by atoms with E-state index in [4.69, 9.17) is 0 Å². The van der Waals surface area contributed by atoms with Crippen LogP contribution in [0.25, 0.3) is 0 Å². The van der Waals surface area contributed by atoms with Crippen molar-refractivity contribution in [3.63, 3.8) is 0 Å². The first-order valence-electron chi connectivity index (χ1n) is 10.4. The summed E-state index contributed by atoms with van der Waals surface area (Å²) in [4.78, 5) is 28.7. The normalized spacial score (nSPS) is 12.3. The largest absolute Gasteiger partial charge is 0.481 e. The highest BCUT2D eigenvalue weighted by Crippen LogP contribution is 2.23. The Morgan fingerprint density at radius 2 is 1.50 bits per heavy atom. The number of amides is 1. The van der Waals surface area contributed by atoms with Gasteiger partial charge in [0.1, 0.15) is 0 Å². The summed E-state index contributed by atoms with van der Waals surface area (Å²) in [5.41, 5.74) is 6.00. The summed E-state index contributed by atoms with van der Waals surface area (Å²) in [5, 5.41) is 12.4. The van der Waals surface area contributed by atoms with Gasteiger partial charge in [0.25, 0.3) is 0 Å². The number of aliphatic carboxylic acids is 1. The van der Waals surface area contributed by atoms with E-state index in [1.165, 1.54) is 0 Å². The fourth-order valence-electron chi connectivity index (χ4n) is 3.41. The second-order valence-corrected chi connectivity index (χ2v) is 8.08. The maximum atomic E-state index is 12.7. The Bertz CT molecular complexity index is 1030. The minimum atomic E-state index is -0.944. The van der Waals surface area contributed by atoms with Crippen LogP contribution in [0.5, 0.6) is 0 Å². The Balaban J connectivity index is 0.00000363. The SMILES string of the molecule is Cc1ccc([C@@H](NC(=O)Cc2ccc(Cc3ccc(C)cn3)cc2)[C@@H](C)C(=O)O)cc1.Cl. The number of hydrogen-bond donors (Lipinski definition) is 2. The summed E-state index contributed by atoms with van der Waals surface area (Å²) in [6, 6.07) is 18.9. The molecule has 168 valence electrons. The smallest absolute Gasteiger partial charge is 0.308 e. The Morgan fingerprint density at radius 3 is 2.06 bits per heavy atom. The first-order chi connectivity index (χ1) is 14.8. The van der Waals surface area contributed by atoms with Gasteiger partial charge in [-0.1, -0.05) is 60.2 Å². The number of carboxylic acid groups (broad SMARTS) is 1. The molecule has 0 saturated heterocycles. The highest BCUT2D eigenvalue weighted by Gasteiger charge is 2.26. The van der Waals surface area contributed by atoms with E-state index in [9.17, 15) is 14.7 Å². The fraction of sp³-hybridized carbons (Fsp3) is 0.269. The predicted molar refractivity (Wildman–Crippen MR) is 128 cm³/mol. The molecule has 0 aliphatic carbocycles. The van der Waals surface area contributed by atoms with Gasteiger partial charge in [0.2, 0.25) is 5.91 Å². The van der Waals surface area contributed by atoms with Gasteiger partial charge in [-0.05, 0) is 49.1 Å². The molecule has 0 saturated carbocycles. The molecule has 0 unspecified atom stereocenters. The van der Waals surface area contributed by atoms with Crippen molar-refractivity contribution in [1.29, 1.82) is 0 Å². The maximum absolute atomic E-state index is 12.7. The Morgan fingerprint density at radius 1 is 0.906 bits per heavy atom. The monoisotopic (exact) mass is 452 g/mol. The second kappa shape index (κ2) is 11.4. The van der Waals surface area contributed by atoms with Gasteiger partial charge >= 0.3 is 5.97 Å². The van der Waals surface area contributed by atoms with Crippen molar-refractivity contribution in [2.45, 2.75) is 39.7 Å². The van der Waals surface area contributed by atoms with Crippen LogP contribution in [0.15, 0.2) is 66.9 Å². The first-order valence-corrected chi connectivity index (χ1v) is 10.4. The molecule has 1 amide bonds. The molecular weight excluding hydrogens is 424 g/mol. The van der Waals surface area contributed by atoms with E-state index in [2.05, 4.69) is 10.3 Å². The predicted octanol–water partition coefficient (Wildman–Crippen LogP) is 4.83. The molecule has 0 fully saturated rings. The number of nitrogens with one attached hydrogen (secondary N) is 1. The molecule has 5 nitrogen and oxygen atoms in total. The van der Waals surface area contributed by atoms with Crippen LogP contribution in [0.4, 0.5) is 0 Å². The molecule has 1 aromatic heterocycles. The van der Waals surface area contributed by atoms with Gasteiger partial charge in [-0.3, -0.25) is 14.6 Å². The van der Waals surface area contributed by atoms with Crippen molar-refractivity contribution in [2.24, 2.45) is 5.92 Å². The molecular formula is C26H29ClN2O3. The van der Waals surface area contributed by atoms with E-state index < -0.39 is 17.9 Å². The first kappa shape index (κ1) is 25.1. The molecule has 2 N–H and O–H groups in total. The maximum Gasteiger partial charge on any atom is 0.308 e. The number of carbonyl (C=O) groups excluding carboxylic acids is 1. The molecule has 3 rings (SSSR count). The third-order valence-electron chi connectivity index (χ3n) is 5.39. The lowest BCUT2D eigenvalue weighted by Crippen LogP contribution is -2.36. The van der Waals surface area contributed by atoms with Gasteiger partial charge in [-0.2, -0.15) is 0 Å². The second-order valence-electron chi connectivity index (χ2n) is 8.08. The van der Waals surface area contributed by atoms with E-state index in [0.717, 1.165) is 39.9 Å². The van der Waals surface area contributed by atoms with Gasteiger partial charge in [0, 0.05) is 18.3 Å². The van der Waals surface area contributed by atoms with Gasteiger partial charge < -0.3 is 10.4 Å². The molecule has 6 heteroatoms. The van der Waals surface area contributed by atoms with Crippen molar-refractivity contribution in [3.8, 4) is 0 Å². The van der Waals surface area contributed by atoms with Gasteiger partial charge in [-0.15, -0.1) is 12.4 Å². The van der Waals surface area contributed by atoms with E-state index in [1.807, 2.05) is 80.7 Å². The summed E-state index contributed by atoms with van der Waals surface area (Å²) < 4.78 is 0. The van der Waals surface area contributed by atoms with Crippen molar-refractivity contribution >= 4 is 24.3 Å². The average Bonchev–Trinajstić information content (AvgIpc) is 2.75. The van der Waals surface area contributed by atoms with Crippen LogP contribution in [0, 0.1) is 19.8 Å². The molecule has 2 atom stereocenters. The third kappa shape index (κ3) is 6.92. The number of rotatable bonds is 8. The lowest BCUT2D eigenvalue weighted by atomic mass is 9.93. The number of aromatic nitrogens is 1. The number of nitrogens with zero attached hydrogens (tertiary/aromatic N) is 1. The molecule has 3 aromatic rings. The lowest BCUT2D eigenvalue weighted by molar-refractivity contribution is -0.142. The quantitative estimate of drug-likeness (QED) is 0.513. The Labute approximate surface area is 195 Å². The van der Waals surface area contributed by atoms with Gasteiger partial charge in [-0.25, -0.2) is 0 Å². The average molecular weight is 453 g/mol. The number of halogens is 1. The zero-order valence-electron chi connectivity index (χ0n) is 18.5. The van der Waals surface area contributed by atoms with E-state index in [-0.39, 0.29) is 24.7 Å². The number of aryl methyl sites for hydroxylation is 2. The highest BCUT2D eigenvalue weighted by atomic mass is 35.5. The number of pyridine rings is 1. The highest BCUT2D eigenvalue weighted by molar-refractivity contribution is 5.85. The van der Waals surface area contributed by atoms with Gasteiger partial charge in [0.05, 0.1) is 18.4 Å². The molecule has 0 spiro atoms. The molecule has 32 heavy (non-hydrogen) atoms. The summed E-state index contributed by atoms with van der Waals surface area (Å²) in [6.45, 7) is 5.59. The van der Waals surface area contributed by atoms with E-state index in [0.29, 0.717) is 0 Å². The minimum absolute atomic E-state index is 0. The number of carbonyl (C=O) groups is 2. The Hall–Kier alpha value is -3.18. The van der Waals surface area contributed by atoms with Crippen molar-refractivity contribution < 1.29 is 14.7 Å².